The summed E-state index contributed by atoms with van der Waals surface area (Å²) in [6.45, 7) is 5.90. The number of carbonyl (C=O) groups is 1. The van der Waals surface area contributed by atoms with Gasteiger partial charge >= 0.3 is 0 Å². The van der Waals surface area contributed by atoms with E-state index in [9.17, 15) is 4.79 Å². The number of aryl methyl sites for hydroxylation is 2. The Bertz CT molecular complexity index is 834. The summed E-state index contributed by atoms with van der Waals surface area (Å²) in [6.07, 6.45) is 1.47. The van der Waals surface area contributed by atoms with E-state index < -0.39 is 0 Å². The molecule has 0 aliphatic carbocycles. The van der Waals surface area contributed by atoms with Crippen LogP contribution in [0.4, 0.5) is 0 Å². The molecule has 0 spiro atoms. The number of rotatable bonds is 4. The van der Waals surface area contributed by atoms with Gasteiger partial charge in [-0.15, -0.1) is 16.4 Å². The van der Waals surface area contributed by atoms with Crippen LogP contribution in [-0.2, 0) is 7.05 Å². The van der Waals surface area contributed by atoms with Crippen molar-refractivity contribution in [3.63, 3.8) is 0 Å². The largest absolute Gasteiger partial charge is 0.345 e. The van der Waals surface area contributed by atoms with Crippen LogP contribution in [0, 0.1) is 13.8 Å². The molecule has 120 valence electrons. The summed E-state index contributed by atoms with van der Waals surface area (Å²) in [4.78, 5) is 13.2. The smallest absolute Gasteiger partial charge is 0.264 e. The van der Waals surface area contributed by atoms with E-state index in [2.05, 4.69) is 25.9 Å². The quantitative estimate of drug-likeness (QED) is 0.783. The van der Waals surface area contributed by atoms with E-state index in [1.165, 1.54) is 22.3 Å². The summed E-state index contributed by atoms with van der Waals surface area (Å²) in [6, 6.07) is 1.68. The van der Waals surface area contributed by atoms with Crippen molar-refractivity contribution in [1.29, 1.82) is 0 Å². The molecule has 23 heavy (non-hydrogen) atoms. The van der Waals surface area contributed by atoms with E-state index in [0.29, 0.717) is 10.6 Å². The number of hydrogen-bond acceptors (Lipinski definition) is 6. The fraction of sp³-hybridized carbons (Fsp3) is 0.357. The lowest BCUT2D eigenvalue weighted by Crippen LogP contribution is -2.27. The molecule has 0 saturated heterocycles. The van der Waals surface area contributed by atoms with Crippen LogP contribution in [0.3, 0.4) is 0 Å². The van der Waals surface area contributed by atoms with Crippen molar-refractivity contribution in [2.75, 3.05) is 0 Å². The lowest BCUT2D eigenvalue weighted by molar-refractivity contribution is 0.0943. The monoisotopic (exact) mass is 331 g/mol. The molecular formula is C14H17N7OS. The average molecular weight is 331 g/mol. The minimum absolute atomic E-state index is 0.139. The Labute approximate surface area is 137 Å². The zero-order valence-corrected chi connectivity index (χ0v) is 14.1. The van der Waals surface area contributed by atoms with Crippen molar-refractivity contribution in [3.05, 3.63) is 39.6 Å². The van der Waals surface area contributed by atoms with Crippen LogP contribution in [-0.4, -0.2) is 35.9 Å². The Morgan fingerprint density at radius 1 is 1.39 bits per heavy atom. The van der Waals surface area contributed by atoms with Gasteiger partial charge in [-0.3, -0.25) is 9.48 Å². The van der Waals surface area contributed by atoms with Crippen molar-refractivity contribution >= 4 is 17.2 Å². The summed E-state index contributed by atoms with van der Waals surface area (Å²) in [7, 11) is 1.90. The van der Waals surface area contributed by atoms with E-state index in [1.807, 2.05) is 43.9 Å². The van der Waals surface area contributed by atoms with Crippen molar-refractivity contribution in [2.45, 2.75) is 26.8 Å². The fourth-order valence-corrected chi connectivity index (χ4v) is 3.46. The topological polar surface area (TPSA) is 90.5 Å². The first-order chi connectivity index (χ1) is 11.0. The van der Waals surface area contributed by atoms with Crippen molar-refractivity contribution in [1.82, 2.24) is 35.3 Å². The Balaban J connectivity index is 1.84. The van der Waals surface area contributed by atoms with Gasteiger partial charge in [0.25, 0.3) is 5.91 Å². The van der Waals surface area contributed by atoms with Crippen LogP contribution in [0.1, 0.15) is 39.6 Å². The minimum Gasteiger partial charge on any atom is -0.345 e. The number of tetrazole rings is 1. The van der Waals surface area contributed by atoms with Gasteiger partial charge in [0, 0.05) is 18.3 Å². The molecule has 1 N–H and O–H groups in total. The molecule has 0 aromatic carbocycles. The third-order valence-corrected chi connectivity index (χ3v) is 4.69. The highest BCUT2D eigenvalue weighted by Gasteiger charge is 2.21. The summed E-state index contributed by atoms with van der Waals surface area (Å²) in [5, 5.41) is 20.3. The maximum atomic E-state index is 12.6. The van der Waals surface area contributed by atoms with Gasteiger partial charge in [0.1, 0.15) is 11.2 Å². The Kier molecular flexibility index (Phi) is 3.95. The number of hydrogen-bond donors (Lipinski definition) is 1. The second-order valence-electron chi connectivity index (χ2n) is 5.29. The molecule has 0 unspecified atom stereocenters. The molecule has 0 aliphatic rings. The van der Waals surface area contributed by atoms with Gasteiger partial charge in [-0.05, 0) is 42.6 Å². The molecule has 9 heteroatoms. The molecule has 0 fully saturated rings. The third-order valence-electron chi connectivity index (χ3n) is 3.79. The van der Waals surface area contributed by atoms with Crippen LogP contribution >= 0.6 is 11.3 Å². The number of thiophene rings is 1. The van der Waals surface area contributed by atoms with Crippen LogP contribution in [0.2, 0.25) is 0 Å². The predicted octanol–water partition coefficient (Wildman–Crippen LogP) is 1.57. The van der Waals surface area contributed by atoms with Crippen LogP contribution < -0.4 is 5.32 Å². The molecule has 8 nitrogen and oxygen atoms in total. The van der Waals surface area contributed by atoms with Crippen LogP contribution in [0.15, 0.2) is 17.8 Å². The van der Waals surface area contributed by atoms with Crippen LogP contribution in [0.5, 0.6) is 0 Å². The molecule has 3 rings (SSSR count). The maximum Gasteiger partial charge on any atom is 0.264 e. The standard InChI is InChI=1S/C14H17N7OS/c1-8(12-9(2)17-20(4)10(12)3)16-14(22)13-11(5-6-23-13)21-7-15-18-19-21/h5-8H,1-4H3,(H,16,22)/t8-/m0/s1. The van der Waals surface area contributed by atoms with E-state index in [0.717, 1.165) is 17.0 Å². The zero-order valence-electron chi connectivity index (χ0n) is 13.3. The second kappa shape index (κ2) is 5.92. The summed E-state index contributed by atoms with van der Waals surface area (Å²) >= 11 is 1.36. The molecule has 3 aromatic rings. The maximum absolute atomic E-state index is 12.6. The molecule has 0 radical (unpaired) electrons. The molecule has 1 atom stereocenters. The number of aromatic nitrogens is 6. The Hall–Kier alpha value is -2.55. The highest BCUT2D eigenvalue weighted by molar-refractivity contribution is 7.12. The first-order valence-corrected chi connectivity index (χ1v) is 7.98. The normalized spacial score (nSPS) is 12.3. The average Bonchev–Trinajstić information content (AvgIpc) is 3.20. The van der Waals surface area contributed by atoms with Gasteiger partial charge in [0.15, 0.2) is 0 Å². The SMILES string of the molecule is Cc1nn(C)c(C)c1[C@H](C)NC(=O)c1sccc1-n1cnnn1. The van der Waals surface area contributed by atoms with E-state index >= 15 is 0 Å². The van der Waals surface area contributed by atoms with Gasteiger partial charge in [0.2, 0.25) is 0 Å². The summed E-state index contributed by atoms with van der Waals surface area (Å²) < 4.78 is 3.31. The highest BCUT2D eigenvalue weighted by Crippen LogP contribution is 2.24. The van der Waals surface area contributed by atoms with Gasteiger partial charge in [-0.25, -0.2) is 0 Å². The van der Waals surface area contributed by atoms with Crippen molar-refractivity contribution in [2.24, 2.45) is 7.05 Å². The molecule has 3 heterocycles. The summed E-state index contributed by atoms with van der Waals surface area (Å²) in [5.41, 5.74) is 3.68. The molecular weight excluding hydrogens is 314 g/mol. The first-order valence-electron chi connectivity index (χ1n) is 7.11. The van der Waals surface area contributed by atoms with Gasteiger partial charge in [0.05, 0.1) is 17.4 Å². The lowest BCUT2D eigenvalue weighted by atomic mass is 10.1. The fourth-order valence-electron chi connectivity index (χ4n) is 2.68. The predicted molar refractivity (Wildman–Crippen MR) is 85.6 cm³/mol. The number of amides is 1. The van der Waals surface area contributed by atoms with Gasteiger partial charge < -0.3 is 5.32 Å². The number of nitrogens with one attached hydrogen (secondary N) is 1. The third kappa shape index (κ3) is 2.74. The zero-order chi connectivity index (χ0) is 16.6. The minimum atomic E-state index is -0.152. The van der Waals surface area contributed by atoms with Crippen LogP contribution in [0.25, 0.3) is 5.69 Å². The molecule has 0 saturated carbocycles. The molecule has 3 aromatic heterocycles. The van der Waals surface area contributed by atoms with Gasteiger partial charge in [-0.2, -0.15) is 9.78 Å². The number of nitrogens with zero attached hydrogens (tertiary/aromatic N) is 6. The Morgan fingerprint density at radius 2 is 2.17 bits per heavy atom. The first kappa shape index (κ1) is 15.3. The Morgan fingerprint density at radius 3 is 2.78 bits per heavy atom. The second-order valence-corrected chi connectivity index (χ2v) is 6.21. The number of carbonyl (C=O) groups excluding carboxylic acids is 1. The molecule has 0 aliphatic heterocycles. The molecule has 0 bridgehead atoms. The van der Waals surface area contributed by atoms with Crippen molar-refractivity contribution in [3.8, 4) is 5.69 Å². The van der Waals surface area contributed by atoms with E-state index in [1.54, 1.807) is 0 Å². The molecule has 1 amide bonds. The lowest BCUT2D eigenvalue weighted by Gasteiger charge is -2.15. The van der Waals surface area contributed by atoms with E-state index in [-0.39, 0.29) is 11.9 Å². The highest BCUT2D eigenvalue weighted by atomic mass is 32.1. The summed E-state index contributed by atoms with van der Waals surface area (Å²) in [5.74, 6) is -0.152. The van der Waals surface area contributed by atoms with Gasteiger partial charge in [-0.1, -0.05) is 0 Å². The van der Waals surface area contributed by atoms with E-state index in [4.69, 9.17) is 0 Å². The van der Waals surface area contributed by atoms with Crippen molar-refractivity contribution < 1.29 is 4.79 Å².